The first-order valence-corrected chi connectivity index (χ1v) is 14.4. The van der Waals surface area contributed by atoms with Gasteiger partial charge < -0.3 is 10.2 Å². The number of aryl methyl sites for hydroxylation is 1. The summed E-state index contributed by atoms with van der Waals surface area (Å²) in [4.78, 5) is 28.3. The second-order valence-electron chi connectivity index (χ2n) is 9.13. The van der Waals surface area contributed by atoms with Crippen LogP contribution in [0.4, 0.5) is 5.69 Å². The number of carbonyl (C=O) groups is 2. The SMILES string of the molecule is CCCCNC(=O)[C@H](C)N(Cc1cccc(Cl)c1)C(=O)CN(c1ccc(C)cc1)S(=O)(=O)c1ccccc1. The van der Waals surface area contributed by atoms with E-state index in [1.54, 1.807) is 67.6 Å². The first kappa shape index (κ1) is 29.2. The van der Waals surface area contributed by atoms with Crippen LogP contribution < -0.4 is 9.62 Å². The Kier molecular flexibility index (Phi) is 10.3. The average Bonchev–Trinajstić information content (AvgIpc) is 2.91. The van der Waals surface area contributed by atoms with Crippen LogP contribution in [0, 0.1) is 6.92 Å². The van der Waals surface area contributed by atoms with Gasteiger partial charge in [0.2, 0.25) is 11.8 Å². The summed E-state index contributed by atoms with van der Waals surface area (Å²) in [7, 11) is -4.07. The number of benzene rings is 3. The van der Waals surface area contributed by atoms with Crippen LogP contribution >= 0.6 is 11.6 Å². The smallest absolute Gasteiger partial charge is 0.264 e. The first-order chi connectivity index (χ1) is 18.1. The van der Waals surface area contributed by atoms with Crippen LogP contribution in [-0.4, -0.2) is 44.3 Å². The molecule has 38 heavy (non-hydrogen) atoms. The molecule has 1 N–H and O–H groups in total. The minimum Gasteiger partial charge on any atom is -0.354 e. The zero-order valence-electron chi connectivity index (χ0n) is 21.9. The number of rotatable bonds is 12. The van der Waals surface area contributed by atoms with E-state index in [1.165, 1.54) is 17.0 Å². The fourth-order valence-corrected chi connectivity index (χ4v) is 5.56. The molecule has 0 aliphatic heterocycles. The maximum absolute atomic E-state index is 13.8. The van der Waals surface area contributed by atoms with E-state index >= 15 is 0 Å². The summed E-state index contributed by atoms with van der Waals surface area (Å²) in [5.41, 5.74) is 2.04. The predicted octanol–water partition coefficient (Wildman–Crippen LogP) is 5.18. The number of hydrogen-bond donors (Lipinski definition) is 1. The van der Waals surface area contributed by atoms with E-state index in [9.17, 15) is 18.0 Å². The van der Waals surface area contributed by atoms with E-state index in [2.05, 4.69) is 5.32 Å². The quantitative estimate of drug-likeness (QED) is 0.312. The van der Waals surface area contributed by atoms with Gasteiger partial charge in [-0.25, -0.2) is 8.42 Å². The summed E-state index contributed by atoms with van der Waals surface area (Å²) in [6.07, 6.45) is 1.74. The number of sulfonamides is 1. The lowest BCUT2D eigenvalue weighted by atomic mass is 10.1. The van der Waals surface area contributed by atoms with Crippen LogP contribution in [0.5, 0.6) is 0 Å². The summed E-state index contributed by atoms with van der Waals surface area (Å²) in [6, 6.07) is 21.1. The molecule has 0 radical (unpaired) electrons. The lowest BCUT2D eigenvalue weighted by molar-refractivity contribution is -0.139. The number of nitrogens with zero attached hydrogens (tertiary/aromatic N) is 2. The van der Waals surface area contributed by atoms with Gasteiger partial charge in [0.05, 0.1) is 10.6 Å². The number of anilines is 1. The third kappa shape index (κ3) is 7.58. The summed E-state index contributed by atoms with van der Waals surface area (Å²) in [5, 5.41) is 3.38. The van der Waals surface area contributed by atoms with Crippen molar-refractivity contribution in [2.24, 2.45) is 0 Å². The number of nitrogens with one attached hydrogen (secondary N) is 1. The van der Waals surface area contributed by atoms with Gasteiger partial charge in [0, 0.05) is 18.1 Å². The third-order valence-corrected chi connectivity index (χ3v) is 8.19. The van der Waals surface area contributed by atoms with Crippen molar-refractivity contribution in [3.63, 3.8) is 0 Å². The number of hydrogen-bond acceptors (Lipinski definition) is 4. The van der Waals surface area contributed by atoms with Crippen molar-refractivity contribution < 1.29 is 18.0 Å². The molecule has 7 nitrogen and oxygen atoms in total. The third-order valence-electron chi connectivity index (χ3n) is 6.17. The highest BCUT2D eigenvalue weighted by atomic mass is 35.5. The van der Waals surface area contributed by atoms with Gasteiger partial charge >= 0.3 is 0 Å². The first-order valence-electron chi connectivity index (χ1n) is 12.6. The Balaban J connectivity index is 1.98. The van der Waals surface area contributed by atoms with E-state index in [1.807, 2.05) is 19.9 Å². The minimum atomic E-state index is -4.07. The van der Waals surface area contributed by atoms with Crippen molar-refractivity contribution in [3.8, 4) is 0 Å². The molecule has 3 aromatic carbocycles. The van der Waals surface area contributed by atoms with Crippen molar-refractivity contribution in [1.29, 1.82) is 0 Å². The molecule has 0 aromatic heterocycles. The molecule has 3 rings (SSSR count). The Morgan fingerprint density at radius 1 is 0.974 bits per heavy atom. The van der Waals surface area contributed by atoms with Gasteiger partial charge in [-0.2, -0.15) is 0 Å². The van der Waals surface area contributed by atoms with E-state index in [4.69, 9.17) is 11.6 Å². The number of amides is 2. The zero-order valence-corrected chi connectivity index (χ0v) is 23.5. The number of halogens is 1. The molecule has 1 atom stereocenters. The molecule has 0 aliphatic rings. The van der Waals surface area contributed by atoms with Crippen molar-refractivity contribution >= 4 is 39.1 Å². The molecule has 0 bridgehead atoms. The average molecular weight is 556 g/mol. The molecule has 9 heteroatoms. The zero-order chi connectivity index (χ0) is 27.7. The topological polar surface area (TPSA) is 86.8 Å². The number of carbonyl (C=O) groups excluding carboxylic acids is 2. The molecule has 0 saturated heterocycles. The molecule has 0 spiro atoms. The van der Waals surface area contributed by atoms with Gasteiger partial charge in [-0.1, -0.05) is 73.0 Å². The van der Waals surface area contributed by atoms with E-state index < -0.39 is 28.5 Å². The highest BCUT2D eigenvalue weighted by Gasteiger charge is 2.32. The Morgan fingerprint density at radius 3 is 2.29 bits per heavy atom. The summed E-state index contributed by atoms with van der Waals surface area (Å²) < 4.78 is 28.5. The van der Waals surface area contributed by atoms with Gasteiger partial charge in [-0.05, 0) is 62.2 Å². The molecular formula is C29H34ClN3O4S. The maximum atomic E-state index is 13.8. The lowest BCUT2D eigenvalue weighted by Crippen LogP contribution is -2.51. The summed E-state index contributed by atoms with van der Waals surface area (Å²) in [6.45, 7) is 5.68. The second-order valence-corrected chi connectivity index (χ2v) is 11.4. The van der Waals surface area contributed by atoms with Crippen LogP contribution in [0.15, 0.2) is 83.8 Å². The second kappa shape index (κ2) is 13.4. The largest absolute Gasteiger partial charge is 0.354 e. The number of unbranched alkanes of at least 4 members (excludes halogenated alkanes) is 1. The normalized spacial score (nSPS) is 12.0. The molecule has 0 aliphatic carbocycles. The molecule has 0 saturated carbocycles. The predicted molar refractivity (Wildman–Crippen MR) is 152 cm³/mol. The Labute approximate surface area is 230 Å². The van der Waals surface area contributed by atoms with Gasteiger partial charge in [0.15, 0.2) is 0 Å². The molecular weight excluding hydrogens is 522 g/mol. The Hall–Kier alpha value is -3.36. The fourth-order valence-electron chi connectivity index (χ4n) is 3.91. The maximum Gasteiger partial charge on any atom is 0.264 e. The molecule has 2 amide bonds. The van der Waals surface area contributed by atoms with Crippen LogP contribution in [-0.2, 0) is 26.2 Å². The minimum absolute atomic E-state index is 0.0696. The standard InChI is InChI=1S/C29H34ClN3O4S/c1-4-5-18-31-29(35)23(3)32(20-24-10-9-11-25(30)19-24)28(34)21-33(26-16-14-22(2)15-17-26)38(36,37)27-12-7-6-8-13-27/h6-17,19,23H,4-5,18,20-21H2,1-3H3,(H,31,35)/t23-/m0/s1. The monoisotopic (exact) mass is 555 g/mol. The van der Waals surface area contributed by atoms with Gasteiger partial charge in [-0.3, -0.25) is 13.9 Å². The van der Waals surface area contributed by atoms with Crippen molar-refractivity contribution in [2.45, 2.75) is 51.1 Å². The van der Waals surface area contributed by atoms with E-state index in [0.29, 0.717) is 17.3 Å². The lowest BCUT2D eigenvalue weighted by Gasteiger charge is -2.32. The van der Waals surface area contributed by atoms with Crippen LogP contribution in [0.2, 0.25) is 5.02 Å². The van der Waals surface area contributed by atoms with Crippen molar-refractivity contribution in [3.05, 3.63) is 95.0 Å². The highest BCUT2D eigenvalue weighted by Crippen LogP contribution is 2.25. The van der Waals surface area contributed by atoms with Crippen LogP contribution in [0.1, 0.15) is 37.8 Å². The Morgan fingerprint density at radius 2 is 1.66 bits per heavy atom. The van der Waals surface area contributed by atoms with Gasteiger partial charge in [0.1, 0.15) is 12.6 Å². The summed E-state index contributed by atoms with van der Waals surface area (Å²) in [5.74, 6) is -0.815. The van der Waals surface area contributed by atoms with Gasteiger partial charge in [-0.15, -0.1) is 0 Å². The van der Waals surface area contributed by atoms with Crippen molar-refractivity contribution in [2.75, 3.05) is 17.4 Å². The molecule has 0 fully saturated rings. The van der Waals surface area contributed by atoms with E-state index in [-0.39, 0.29) is 17.3 Å². The van der Waals surface area contributed by atoms with E-state index in [0.717, 1.165) is 28.3 Å². The highest BCUT2D eigenvalue weighted by molar-refractivity contribution is 7.92. The molecule has 0 heterocycles. The fraction of sp³-hybridized carbons (Fsp3) is 0.310. The Bertz CT molecular complexity index is 1330. The molecule has 202 valence electrons. The molecule has 3 aromatic rings. The summed E-state index contributed by atoms with van der Waals surface area (Å²) >= 11 is 6.17. The van der Waals surface area contributed by atoms with Crippen LogP contribution in [0.3, 0.4) is 0 Å². The van der Waals surface area contributed by atoms with Gasteiger partial charge in [0.25, 0.3) is 10.0 Å². The van der Waals surface area contributed by atoms with Crippen LogP contribution in [0.25, 0.3) is 0 Å². The van der Waals surface area contributed by atoms with Crippen molar-refractivity contribution in [1.82, 2.24) is 10.2 Å². The molecule has 0 unspecified atom stereocenters.